The fourth-order valence-corrected chi connectivity index (χ4v) is 3.21. The second-order valence-electron chi connectivity index (χ2n) is 6.36. The van der Waals surface area contributed by atoms with Gasteiger partial charge in [-0.05, 0) is 18.8 Å². The Labute approximate surface area is 122 Å². The summed E-state index contributed by atoms with van der Waals surface area (Å²) in [4.78, 5) is 2.47. The molecule has 1 aliphatic carbocycles. The van der Waals surface area contributed by atoms with Crippen molar-refractivity contribution in [2.24, 2.45) is 11.7 Å². The zero-order valence-corrected chi connectivity index (χ0v) is 12.7. The topological polar surface area (TPSA) is 29.3 Å². The molecule has 1 aliphatic rings. The molecule has 1 aromatic rings. The van der Waals surface area contributed by atoms with Crippen molar-refractivity contribution in [1.82, 2.24) is 4.90 Å². The van der Waals surface area contributed by atoms with Crippen molar-refractivity contribution >= 4 is 0 Å². The van der Waals surface area contributed by atoms with E-state index >= 15 is 0 Å². The van der Waals surface area contributed by atoms with Gasteiger partial charge >= 0.3 is 0 Å². The molecule has 0 unspecified atom stereocenters. The number of benzene rings is 1. The standard InChI is InChI=1S/C17H27FN2/c1-13(2)11-20(16-8-3-4-9-16)12-15-7-5-6-14(10-19)17(15)18/h5-7,13,16H,3-4,8-12,19H2,1-2H3. The molecule has 0 aromatic heterocycles. The Bertz CT molecular complexity index is 425. The minimum absolute atomic E-state index is 0.109. The fourth-order valence-electron chi connectivity index (χ4n) is 3.21. The third kappa shape index (κ3) is 3.80. The van der Waals surface area contributed by atoms with Crippen molar-refractivity contribution < 1.29 is 4.39 Å². The van der Waals surface area contributed by atoms with Crippen molar-refractivity contribution in [2.75, 3.05) is 6.54 Å². The molecule has 2 N–H and O–H groups in total. The lowest BCUT2D eigenvalue weighted by molar-refractivity contribution is 0.166. The minimum Gasteiger partial charge on any atom is -0.326 e. The van der Waals surface area contributed by atoms with Gasteiger partial charge in [0.1, 0.15) is 5.82 Å². The SMILES string of the molecule is CC(C)CN(Cc1cccc(CN)c1F)C1CCCC1. The highest BCUT2D eigenvalue weighted by atomic mass is 19.1. The molecule has 1 fully saturated rings. The molecule has 112 valence electrons. The number of hydrogen-bond acceptors (Lipinski definition) is 2. The van der Waals surface area contributed by atoms with Crippen LogP contribution in [0.25, 0.3) is 0 Å². The first-order valence-electron chi connectivity index (χ1n) is 7.82. The van der Waals surface area contributed by atoms with Crippen LogP contribution in [0.2, 0.25) is 0 Å². The highest BCUT2D eigenvalue weighted by Gasteiger charge is 2.24. The number of nitrogens with two attached hydrogens (primary N) is 1. The van der Waals surface area contributed by atoms with Crippen LogP contribution in [0.1, 0.15) is 50.7 Å². The van der Waals surface area contributed by atoms with Crippen LogP contribution in [-0.2, 0) is 13.1 Å². The van der Waals surface area contributed by atoms with E-state index in [-0.39, 0.29) is 12.4 Å². The first-order valence-corrected chi connectivity index (χ1v) is 7.82. The predicted molar refractivity (Wildman–Crippen MR) is 81.8 cm³/mol. The molecular formula is C17H27FN2. The molecule has 2 nitrogen and oxygen atoms in total. The Morgan fingerprint density at radius 1 is 1.25 bits per heavy atom. The van der Waals surface area contributed by atoms with E-state index in [1.807, 2.05) is 12.1 Å². The van der Waals surface area contributed by atoms with Crippen LogP contribution in [0, 0.1) is 11.7 Å². The summed E-state index contributed by atoms with van der Waals surface area (Å²) in [5.41, 5.74) is 7.02. The number of halogens is 1. The Morgan fingerprint density at radius 2 is 1.90 bits per heavy atom. The molecule has 3 heteroatoms. The van der Waals surface area contributed by atoms with Crippen LogP contribution >= 0.6 is 0 Å². The lowest BCUT2D eigenvalue weighted by Crippen LogP contribution is -2.36. The first kappa shape index (κ1) is 15.5. The van der Waals surface area contributed by atoms with E-state index in [0.29, 0.717) is 24.1 Å². The summed E-state index contributed by atoms with van der Waals surface area (Å²) in [6.45, 7) is 6.48. The molecule has 0 radical (unpaired) electrons. The average Bonchev–Trinajstić information content (AvgIpc) is 2.93. The van der Waals surface area contributed by atoms with Gasteiger partial charge in [0.15, 0.2) is 0 Å². The first-order chi connectivity index (χ1) is 9.61. The summed E-state index contributed by atoms with van der Waals surface area (Å²) in [5.74, 6) is 0.498. The van der Waals surface area contributed by atoms with Crippen LogP contribution in [0.15, 0.2) is 18.2 Å². The van der Waals surface area contributed by atoms with Gasteiger partial charge in [-0.2, -0.15) is 0 Å². The Balaban J connectivity index is 2.14. The maximum absolute atomic E-state index is 14.4. The molecule has 0 bridgehead atoms. The monoisotopic (exact) mass is 278 g/mol. The molecule has 1 aromatic carbocycles. The summed E-state index contributed by atoms with van der Waals surface area (Å²) >= 11 is 0. The van der Waals surface area contributed by atoms with Gasteiger partial charge in [0, 0.05) is 36.8 Å². The van der Waals surface area contributed by atoms with Crippen LogP contribution in [0.5, 0.6) is 0 Å². The third-order valence-corrected chi connectivity index (χ3v) is 4.19. The van der Waals surface area contributed by atoms with E-state index in [2.05, 4.69) is 18.7 Å². The second-order valence-corrected chi connectivity index (χ2v) is 6.36. The van der Waals surface area contributed by atoms with E-state index in [1.165, 1.54) is 25.7 Å². The highest BCUT2D eigenvalue weighted by molar-refractivity contribution is 5.26. The molecule has 0 atom stereocenters. The van der Waals surface area contributed by atoms with Crippen molar-refractivity contribution in [2.45, 2.75) is 58.7 Å². The van der Waals surface area contributed by atoms with E-state index in [9.17, 15) is 4.39 Å². The van der Waals surface area contributed by atoms with Crippen molar-refractivity contribution in [3.63, 3.8) is 0 Å². The van der Waals surface area contributed by atoms with Crippen molar-refractivity contribution in [1.29, 1.82) is 0 Å². The average molecular weight is 278 g/mol. The van der Waals surface area contributed by atoms with Gasteiger partial charge < -0.3 is 5.73 Å². The minimum atomic E-state index is -0.109. The fraction of sp³-hybridized carbons (Fsp3) is 0.647. The van der Waals surface area contributed by atoms with E-state index in [4.69, 9.17) is 5.73 Å². The Morgan fingerprint density at radius 3 is 2.50 bits per heavy atom. The predicted octanol–water partition coefficient (Wildman–Crippen LogP) is 3.69. The molecular weight excluding hydrogens is 251 g/mol. The normalized spacial score (nSPS) is 16.5. The Hall–Kier alpha value is -0.930. The van der Waals surface area contributed by atoms with E-state index in [1.54, 1.807) is 6.07 Å². The smallest absolute Gasteiger partial charge is 0.132 e. The molecule has 0 amide bonds. The molecule has 0 heterocycles. The highest BCUT2D eigenvalue weighted by Crippen LogP contribution is 2.26. The Kier molecular flexibility index (Phi) is 5.55. The number of nitrogens with zero attached hydrogens (tertiary/aromatic N) is 1. The van der Waals surface area contributed by atoms with Crippen molar-refractivity contribution in [3.05, 3.63) is 35.1 Å². The third-order valence-electron chi connectivity index (χ3n) is 4.19. The summed E-state index contributed by atoms with van der Waals surface area (Å²) in [7, 11) is 0. The molecule has 0 spiro atoms. The largest absolute Gasteiger partial charge is 0.326 e. The van der Waals surface area contributed by atoms with Gasteiger partial charge in [-0.3, -0.25) is 4.90 Å². The van der Waals surface area contributed by atoms with E-state index in [0.717, 1.165) is 12.1 Å². The van der Waals surface area contributed by atoms with Crippen molar-refractivity contribution in [3.8, 4) is 0 Å². The van der Waals surface area contributed by atoms with Crippen LogP contribution < -0.4 is 5.73 Å². The summed E-state index contributed by atoms with van der Waals surface area (Å²) in [6, 6.07) is 6.22. The zero-order chi connectivity index (χ0) is 14.5. The lowest BCUT2D eigenvalue weighted by atomic mass is 10.1. The van der Waals surface area contributed by atoms with Gasteiger partial charge in [0.2, 0.25) is 0 Å². The number of hydrogen-bond donors (Lipinski definition) is 1. The van der Waals surface area contributed by atoms with Gasteiger partial charge in [-0.1, -0.05) is 44.9 Å². The quantitative estimate of drug-likeness (QED) is 0.860. The van der Waals surface area contributed by atoms with Gasteiger partial charge in [0.05, 0.1) is 0 Å². The molecule has 0 saturated heterocycles. The second kappa shape index (κ2) is 7.19. The maximum Gasteiger partial charge on any atom is 0.132 e. The summed E-state index contributed by atoms with van der Waals surface area (Å²) in [5, 5.41) is 0. The number of rotatable bonds is 6. The molecule has 0 aliphatic heterocycles. The molecule has 2 rings (SSSR count). The lowest BCUT2D eigenvalue weighted by Gasteiger charge is -2.30. The van der Waals surface area contributed by atoms with Crippen LogP contribution in [0.4, 0.5) is 4.39 Å². The van der Waals surface area contributed by atoms with Crippen LogP contribution in [0.3, 0.4) is 0 Å². The van der Waals surface area contributed by atoms with Gasteiger partial charge in [-0.15, -0.1) is 0 Å². The molecule has 1 saturated carbocycles. The summed E-state index contributed by atoms with van der Waals surface area (Å²) < 4.78 is 14.4. The summed E-state index contributed by atoms with van der Waals surface area (Å²) in [6.07, 6.45) is 5.13. The van der Waals surface area contributed by atoms with Crippen LogP contribution in [-0.4, -0.2) is 17.5 Å². The van der Waals surface area contributed by atoms with Gasteiger partial charge in [-0.25, -0.2) is 4.39 Å². The van der Waals surface area contributed by atoms with Gasteiger partial charge in [0.25, 0.3) is 0 Å². The zero-order valence-electron chi connectivity index (χ0n) is 12.7. The molecule has 20 heavy (non-hydrogen) atoms. The van der Waals surface area contributed by atoms with E-state index < -0.39 is 0 Å². The maximum atomic E-state index is 14.4.